The van der Waals surface area contributed by atoms with E-state index >= 15 is 0 Å². The van der Waals surface area contributed by atoms with Crippen LogP contribution < -0.4 is 5.32 Å². The van der Waals surface area contributed by atoms with Crippen molar-refractivity contribution in [2.75, 3.05) is 5.32 Å². The van der Waals surface area contributed by atoms with Crippen molar-refractivity contribution in [3.8, 4) is 21.9 Å². The fourth-order valence-corrected chi connectivity index (χ4v) is 3.94. The van der Waals surface area contributed by atoms with Gasteiger partial charge in [0.25, 0.3) is 0 Å². The fraction of sp³-hybridized carbons (Fsp3) is 0.0952. The monoisotopic (exact) mass is 409 g/mol. The first-order valence-corrected chi connectivity index (χ1v) is 9.88. The molecule has 140 valence electrons. The molecule has 0 fully saturated rings. The summed E-state index contributed by atoms with van der Waals surface area (Å²) in [6.07, 6.45) is 0.153. The van der Waals surface area contributed by atoms with Gasteiger partial charge in [-0.15, -0.1) is 11.3 Å². The predicted molar refractivity (Wildman–Crippen MR) is 112 cm³/mol. The topological polar surface area (TPSA) is 68.0 Å². The number of nitrogens with zero attached hydrogens (tertiary/aromatic N) is 2. The largest absolute Gasteiger partial charge is 0.354 e. The van der Waals surface area contributed by atoms with E-state index in [1.54, 1.807) is 6.92 Å². The van der Waals surface area contributed by atoms with Gasteiger partial charge in [-0.25, -0.2) is 4.98 Å². The van der Waals surface area contributed by atoms with Crippen molar-refractivity contribution in [1.29, 1.82) is 0 Å². The Morgan fingerprint density at radius 1 is 1.14 bits per heavy atom. The van der Waals surface area contributed by atoms with Crippen molar-refractivity contribution in [3.05, 3.63) is 76.4 Å². The van der Waals surface area contributed by atoms with Gasteiger partial charge in [0.05, 0.1) is 17.1 Å². The average molecular weight is 410 g/mol. The number of carbonyl (C=O) groups is 1. The Morgan fingerprint density at radius 3 is 2.68 bits per heavy atom. The van der Waals surface area contributed by atoms with E-state index < -0.39 is 0 Å². The van der Waals surface area contributed by atoms with Crippen molar-refractivity contribution >= 4 is 34.5 Å². The van der Waals surface area contributed by atoms with Gasteiger partial charge >= 0.3 is 0 Å². The quantitative estimate of drug-likeness (QED) is 0.465. The number of hydrogen-bond donors (Lipinski definition) is 1. The van der Waals surface area contributed by atoms with Crippen molar-refractivity contribution in [3.63, 3.8) is 0 Å². The molecule has 0 aliphatic carbocycles. The molecular weight excluding hydrogens is 394 g/mol. The molecule has 1 amide bonds. The van der Waals surface area contributed by atoms with Gasteiger partial charge in [-0.3, -0.25) is 4.79 Å². The number of amides is 1. The molecule has 0 aliphatic heterocycles. The lowest BCUT2D eigenvalue weighted by Gasteiger charge is -2.05. The second-order valence-corrected chi connectivity index (χ2v) is 7.45. The zero-order valence-corrected chi connectivity index (χ0v) is 16.6. The van der Waals surface area contributed by atoms with Gasteiger partial charge in [0.1, 0.15) is 16.4 Å². The van der Waals surface area contributed by atoms with Crippen LogP contribution in [0, 0.1) is 6.92 Å². The first kappa shape index (κ1) is 18.4. The van der Waals surface area contributed by atoms with Crippen molar-refractivity contribution in [1.82, 2.24) is 10.1 Å². The summed E-state index contributed by atoms with van der Waals surface area (Å²) in [5.74, 6) is 0.362. The molecule has 2 aromatic carbocycles. The van der Waals surface area contributed by atoms with Gasteiger partial charge < -0.3 is 9.84 Å². The summed E-state index contributed by atoms with van der Waals surface area (Å²) in [6.45, 7) is 1.80. The Hall–Kier alpha value is -2.96. The Morgan fingerprint density at radius 2 is 1.89 bits per heavy atom. The third-order valence-electron chi connectivity index (χ3n) is 4.16. The maximum atomic E-state index is 12.6. The highest BCUT2D eigenvalue weighted by Gasteiger charge is 2.18. The summed E-state index contributed by atoms with van der Waals surface area (Å²) >= 11 is 7.70. The molecule has 0 saturated carbocycles. The number of aryl methyl sites for hydroxylation is 1. The lowest BCUT2D eigenvalue weighted by Crippen LogP contribution is -2.15. The standard InChI is InChI=1S/C21H16ClN3O2S/c1-13-19(20(27-25-13)14-7-3-2-4-8-14)24-18(26)11-15-12-28-21(23-15)16-9-5-6-10-17(16)22/h2-10,12H,11H2,1H3,(H,24,26). The average Bonchev–Trinajstić information content (AvgIpc) is 3.30. The molecule has 5 nitrogen and oxygen atoms in total. The van der Waals surface area contributed by atoms with Crippen LogP contribution in [0.15, 0.2) is 64.5 Å². The molecule has 4 aromatic rings. The summed E-state index contributed by atoms with van der Waals surface area (Å²) in [5, 5.41) is 10.2. The Balaban J connectivity index is 1.51. The van der Waals surface area contributed by atoms with Gasteiger partial charge in [0, 0.05) is 16.5 Å². The van der Waals surface area contributed by atoms with E-state index in [0.29, 0.717) is 27.9 Å². The molecule has 28 heavy (non-hydrogen) atoms. The van der Waals surface area contributed by atoms with Crippen LogP contribution in [0.3, 0.4) is 0 Å². The molecule has 0 unspecified atom stereocenters. The highest BCUT2D eigenvalue weighted by atomic mass is 35.5. The van der Waals surface area contributed by atoms with E-state index in [-0.39, 0.29) is 12.3 Å². The highest BCUT2D eigenvalue weighted by Crippen LogP contribution is 2.32. The lowest BCUT2D eigenvalue weighted by atomic mass is 10.1. The second-order valence-electron chi connectivity index (χ2n) is 6.19. The van der Waals surface area contributed by atoms with Crippen LogP contribution >= 0.6 is 22.9 Å². The summed E-state index contributed by atoms with van der Waals surface area (Å²) in [6, 6.07) is 17.1. The van der Waals surface area contributed by atoms with Crippen LogP contribution in [0.1, 0.15) is 11.4 Å². The molecule has 0 spiro atoms. The second kappa shape index (κ2) is 7.96. The molecule has 2 heterocycles. The van der Waals surface area contributed by atoms with Crippen molar-refractivity contribution < 1.29 is 9.32 Å². The van der Waals surface area contributed by atoms with Gasteiger partial charge in [-0.1, -0.05) is 65.3 Å². The molecular formula is C21H16ClN3O2S. The SMILES string of the molecule is Cc1noc(-c2ccccc2)c1NC(=O)Cc1csc(-c2ccccc2Cl)n1. The number of rotatable bonds is 5. The molecule has 0 bridgehead atoms. The number of halogens is 1. The molecule has 0 atom stereocenters. The number of thiazole rings is 1. The highest BCUT2D eigenvalue weighted by molar-refractivity contribution is 7.13. The molecule has 7 heteroatoms. The lowest BCUT2D eigenvalue weighted by molar-refractivity contribution is -0.115. The van der Waals surface area contributed by atoms with Gasteiger partial charge in [-0.05, 0) is 13.0 Å². The summed E-state index contributed by atoms with van der Waals surface area (Å²) in [5.41, 5.74) is 3.61. The Bertz CT molecular complexity index is 1120. The first-order chi connectivity index (χ1) is 13.6. The third-order valence-corrected chi connectivity index (χ3v) is 5.41. The molecule has 2 aromatic heterocycles. The number of carbonyl (C=O) groups excluding carboxylic acids is 1. The summed E-state index contributed by atoms with van der Waals surface area (Å²) in [7, 11) is 0. The molecule has 0 radical (unpaired) electrons. The van der Waals surface area contributed by atoms with Crippen LogP contribution in [-0.4, -0.2) is 16.0 Å². The minimum Gasteiger partial charge on any atom is -0.354 e. The number of anilines is 1. The third kappa shape index (κ3) is 3.83. The molecule has 0 saturated heterocycles. The van der Waals surface area contributed by atoms with Gasteiger partial charge in [-0.2, -0.15) is 0 Å². The van der Waals surface area contributed by atoms with Crippen LogP contribution in [0.5, 0.6) is 0 Å². The Kier molecular flexibility index (Phi) is 5.23. The van der Waals surface area contributed by atoms with E-state index in [9.17, 15) is 4.79 Å². The number of benzene rings is 2. The van der Waals surface area contributed by atoms with Crippen molar-refractivity contribution in [2.45, 2.75) is 13.3 Å². The van der Waals surface area contributed by atoms with E-state index in [1.807, 2.05) is 60.0 Å². The molecule has 1 N–H and O–H groups in total. The van der Waals surface area contributed by atoms with Gasteiger partial charge in [0.2, 0.25) is 5.91 Å². The molecule has 0 aliphatic rings. The van der Waals surface area contributed by atoms with E-state index in [1.165, 1.54) is 11.3 Å². The molecule has 4 rings (SSSR count). The minimum atomic E-state index is -0.181. The zero-order chi connectivity index (χ0) is 19.5. The van der Waals surface area contributed by atoms with Gasteiger partial charge in [0.15, 0.2) is 5.76 Å². The van der Waals surface area contributed by atoms with E-state index in [2.05, 4.69) is 15.5 Å². The maximum Gasteiger partial charge on any atom is 0.230 e. The predicted octanol–water partition coefficient (Wildman–Crippen LogP) is 5.61. The first-order valence-electron chi connectivity index (χ1n) is 8.62. The number of aromatic nitrogens is 2. The summed E-state index contributed by atoms with van der Waals surface area (Å²) < 4.78 is 5.41. The smallest absolute Gasteiger partial charge is 0.230 e. The minimum absolute atomic E-state index is 0.153. The Labute approximate surface area is 171 Å². The van der Waals surface area contributed by atoms with Crippen LogP contribution in [0.25, 0.3) is 21.9 Å². The summed E-state index contributed by atoms with van der Waals surface area (Å²) in [4.78, 5) is 17.1. The van der Waals surface area contributed by atoms with Crippen LogP contribution in [0.4, 0.5) is 5.69 Å². The number of nitrogens with one attached hydrogen (secondary N) is 1. The van der Waals surface area contributed by atoms with E-state index in [0.717, 1.165) is 16.1 Å². The van der Waals surface area contributed by atoms with Crippen molar-refractivity contribution in [2.24, 2.45) is 0 Å². The zero-order valence-electron chi connectivity index (χ0n) is 15.0. The van der Waals surface area contributed by atoms with Crippen LogP contribution in [-0.2, 0) is 11.2 Å². The number of hydrogen-bond acceptors (Lipinski definition) is 5. The van der Waals surface area contributed by atoms with E-state index in [4.69, 9.17) is 16.1 Å². The fourth-order valence-electron chi connectivity index (χ4n) is 2.80. The maximum absolute atomic E-state index is 12.6. The normalized spacial score (nSPS) is 10.8. The van der Waals surface area contributed by atoms with Crippen LogP contribution in [0.2, 0.25) is 5.02 Å².